The molecule has 2 aromatic rings. The van der Waals surface area contributed by atoms with Crippen LogP contribution in [0.5, 0.6) is 11.9 Å². The van der Waals surface area contributed by atoms with Crippen molar-refractivity contribution in [3.8, 4) is 11.9 Å². The first-order valence-corrected chi connectivity index (χ1v) is 11.8. The molecule has 3 heterocycles. The highest BCUT2D eigenvalue weighted by Crippen LogP contribution is 2.37. The Morgan fingerprint density at radius 1 is 1.06 bits per heavy atom. The van der Waals surface area contributed by atoms with Gasteiger partial charge in [0.2, 0.25) is 5.88 Å². The van der Waals surface area contributed by atoms with Crippen LogP contribution in [0.3, 0.4) is 0 Å². The Kier molecular flexibility index (Phi) is 6.51. The quantitative estimate of drug-likeness (QED) is 0.727. The van der Waals surface area contributed by atoms with Crippen LogP contribution in [0.4, 0.5) is 5.82 Å². The predicted molar refractivity (Wildman–Crippen MR) is 124 cm³/mol. The van der Waals surface area contributed by atoms with Gasteiger partial charge in [-0.3, -0.25) is 4.90 Å². The van der Waals surface area contributed by atoms with Crippen LogP contribution in [0, 0.1) is 5.92 Å². The van der Waals surface area contributed by atoms with E-state index in [4.69, 9.17) is 14.7 Å². The minimum absolute atomic E-state index is 0.0752. The Hall–Kier alpha value is -2.48. The molecule has 174 valence electrons. The highest BCUT2D eigenvalue weighted by atomic mass is 16.5. The van der Waals surface area contributed by atoms with Crippen molar-refractivity contribution in [1.82, 2.24) is 24.8 Å². The highest BCUT2D eigenvalue weighted by molar-refractivity contribution is 5.42. The van der Waals surface area contributed by atoms with E-state index in [0.717, 1.165) is 37.8 Å². The monoisotopic (exact) mass is 440 g/mol. The molecule has 0 radical (unpaired) electrons. The lowest BCUT2D eigenvalue weighted by Gasteiger charge is -2.41. The van der Waals surface area contributed by atoms with Crippen LogP contribution >= 0.6 is 0 Å². The van der Waals surface area contributed by atoms with E-state index in [0.29, 0.717) is 5.92 Å². The molecule has 32 heavy (non-hydrogen) atoms. The van der Waals surface area contributed by atoms with Crippen LogP contribution < -0.4 is 9.64 Å². The van der Waals surface area contributed by atoms with Gasteiger partial charge in [0.1, 0.15) is 11.6 Å². The molecule has 8 nitrogen and oxygen atoms in total. The van der Waals surface area contributed by atoms with E-state index in [-0.39, 0.29) is 29.5 Å². The maximum Gasteiger partial charge on any atom is 0.321 e. The van der Waals surface area contributed by atoms with Gasteiger partial charge in [-0.15, -0.1) is 0 Å². The number of rotatable bonds is 6. The molecule has 1 saturated carbocycles. The number of aromatic hydroxyl groups is 1. The Morgan fingerprint density at radius 3 is 2.34 bits per heavy atom. The predicted octanol–water partition coefficient (Wildman–Crippen LogP) is 3.72. The molecule has 1 saturated heterocycles. The second-order valence-electron chi connectivity index (χ2n) is 10.3. The molecule has 0 unspecified atom stereocenters. The van der Waals surface area contributed by atoms with Crippen molar-refractivity contribution in [3.63, 3.8) is 0 Å². The van der Waals surface area contributed by atoms with E-state index in [9.17, 15) is 5.11 Å². The Bertz CT molecular complexity index is 917. The molecule has 2 aromatic heterocycles. The van der Waals surface area contributed by atoms with Crippen LogP contribution in [0.1, 0.15) is 71.3 Å². The Balaban J connectivity index is 1.47. The summed E-state index contributed by atoms with van der Waals surface area (Å²) in [4.78, 5) is 22.7. The third-order valence-corrected chi connectivity index (χ3v) is 6.34. The molecule has 1 N–H and O–H groups in total. The normalized spacial score (nSPS) is 19.1. The van der Waals surface area contributed by atoms with Crippen LogP contribution in [-0.2, 0) is 5.41 Å². The molecule has 1 atom stereocenters. The molecule has 0 amide bonds. The average molecular weight is 441 g/mol. The van der Waals surface area contributed by atoms with E-state index in [1.807, 2.05) is 0 Å². The summed E-state index contributed by atoms with van der Waals surface area (Å²) in [6.45, 7) is 14.3. The number of ether oxygens (including phenoxy) is 1. The van der Waals surface area contributed by atoms with Crippen molar-refractivity contribution in [3.05, 3.63) is 29.8 Å². The maximum absolute atomic E-state index is 9.64. The largest absolute Gasteiger partial charge is 0.493 e. The molecule has 4 rings (SSSR count). The molecule has 0 aromatic carbocycles. The number of nitrogens with zero attached hydrogens (tertiary/aromatic N) is 6. The molecule has 2 fully saturated rings. The maximum atomic E-state index is 9.64. The van der Waals surface area contributed by atoms with E-state index >= 15 is 0 Å². The number of hydrogen-bond donors (Lipinski definition) is 1. The smallest absolute Gasteiger partial charge is 0.321 e. The average Bonchev–Trinajstić information content (AvgIpc) is 2.70. The van der Waals surface area contributed by atoms with Gasteiger partial charge in [-0.25, -0.2) is 15.0 Å². The first kappa shape index (κ1) is 22.7. The van der Waals surface area contributed by atoms with Gasteiger partial charge in [0.15, 0.2) is 6.23 Å². The lowest BCUT2D eigenvalue weighted by molar-refractivity contribution is -0.0185. The number of aromatic nitrogens is 4. The highest BCUT2D eigenvalue weighted by Gasteiger charge is 2.31. The van der Waals surface area contributed by atoms with Crippen molar-refractivity contribution in [2.75, 3.05) is 31.1 Å². The van der Waals surface area contributed by atoms with Gasteiger partial charge in [0, 0.05) is 67.5 Å². The zero-order valence-electron chi connectivity index (χ0n) is 20.0. The molecular formula is C24H36N6O2. The van der Waals surface area contributed by atoms with E-state index in [1.54, 1.807) is 0 Å². The van der Waals surface area contributed by atoms with Crippen molar-refractivity contribution in [1.29, 1.82) is 0 Å². The summed E-state index contributed by atoms with van der Waals surface area (Å²) in [7, 11) is 0. The molecule has 1 aliphatic heterocycles. The minimum atomic E-state index is -0.153. The second-order valence-corrected chi connectivity index (χ2v) is 10.3. The topological polar surface area (TPSA) is 87.5 Å². The number of piperazine rings is 1. The van der Waals surface area contributed by atoms with Crippen molar-refractivity contribution in [2.24, 2.45) is 5.92 Å². The van der Waals surface area contributed by atoms with Crippen LogP contribution in [0.2, 0.25) is 0 Å². The minimum Gasteiger partial charge on any atom is -0.493 e. The van der Waals surface area contributed by atoms with E-state index in [1.165, 1.54) is 37.2 Å². The van der Waals surface area contributed by atoms with Gasteiger partial charge < -0.3 is 14.7 Å². The second kappa shape index (κ2) is 9.17. The fourth-order valence-corrected chi connectivity index (χ4v) is 4.20. The third-order valence-electron chi connectivity index (χ3n) is 6.34. The van der Waals surface area contributed by atoms with Gasteiger partial charge in [0.05, 0.1) is 0 Å². The molecule has 1 aliphatic carbocycles. The molecule has 8 heteroatoms. The molecule has 0 spiro atoms. The number of hydrogen-bond acceptors (Lipinski definition) is 8. The lowest BCUT2D eigenvalue weighted by atomic mass is 9.82. The van der Waals surface area contributed by atoms with Crippen LogP contribution in [0.25, 0.3) is 0 Å². The third kappa shape index (κ3) is 5.11. The van der Waals surface area contributed by atoms with Gasteiger partial charge in [-0.05, 0) is 12.8 Å². The van der Waals surface area contributed by atoms with Crippen molar-refractivity contribution in [2.45, 2.75) is 71.4 Å². The molecule has 2 aliphatic rings. The Labute approximate surface area is 191 Å². The van der Waals surface area contributed by atoms with Crippen molar-refractivity contribution < 1.29 is 9.84 Å². The molecule has 0 bridgehead atoms. The standard InChI is InChI=1S/C24H36N6O2/c1-16(2)21(32-23-25-10-9-20(31)28-23)30-13-11-29(12-14-30)19-15-18(17-7-6-8-17)26-22(27-19)24(3,4)5/h9-10,15-17,21H,6-8,11-14H2,1-5H3,(H,25,28,31)/t21-/m1/s1. The number of anilines is 1. The summed E-state index contributed by atoms with van der Waals surface area (Å²) in [6, 6.07) is 3.87. The van der Waals surface area contributed by atoms with Gasteiger partial charge in [-0.1, -0.05) is 41.0 Å². The van der Waals surface area contributed by atoms with Gasteiger partial charge in [0.25, 0.3) is 0 Å². The summed E-state index contributed by atoms with van der Waals surface area (Å²) in [5.74, 6) is 2.74. The van der Waals surface area contributed by atoms with Crippen LogP contribution in [0.15, 0.2) is 18.3 Å². The van der Waals surface area contributed by atoms with Crippen molar-refractivity contribution >= 4 is 5.82 Å². The van der Waals surface area contributed by atoms with E-state index in [2.05, 4.69) is 60.5 Å². The summed E-state index contributed by atoms with van der Waals surface area (Å²) < 4.78 is 6.07. The first-order valence-electron chi connectivity index (χ1n) is 11.8. The first-order chi connectivity index (χ1) is 15.2. The lowest BCUT2D eigenvalue weighted by Crippen LogP contribution is -2.54. The zero-order chi connectivity index (χ0) is 22.9. The SMILES string of the molecule is CC(C)[C@@H](Oc1nccc(O)n1)N1CCN(c2cc(C3CCC3)nc(C(C)(C)C)n2)CC1. The van der Waals surface area contributed by atoms with Crippen LogP contribution in [-0.4, -0.2) is 62.3 Å². The summed E-state index contributed by atoms with van der Waals surface area (Å²) in [5, 5.41) is 9.64. The zero-order valence-corrected chi connectivity index (χ0v) is 20.0. The summed E-state index contributed by atoms with van der Waals surface area (Å²) in [5.41, 5.74) is 1.13. The molecular weight excluding hydrogens is 404 g/mol. The Morgan fingerprint density at radius 2 is 1.78 bits per heavy atom. The van der Waals surface area contributed by atoms with Gasteiger partial charge >= 0.3 is 6.01 Å². The van der Waals surface area contributed by atoms with Gasteiger partial charge in [-0.2, -0.15) is 4.98 Å². The fraction of sp³-hybridized carbons (Fsp3) is 0.667. The summed E-state index contributed by atoms with van der Waals surface area (Å²) >= 11 is 0. The van der Waals surface area contributed by atoms with E-state index < -0.39 is 0 Å². The summed E-state index contributed by atoms with van der Waals surface area (Å²) in [6.07, 6.45) is 5.12. The fourth-order valence-electron chi connectivity index (χ4n) is 4.20.